The Balaban J connectivity index is 1.55. The second-order valence-electron chi connectivity index (χ2n) is 4.99. The minimum atomic E-state index is 0.900. The third-order valence-electron chi connectivity index (χ3n) is 3.36. The number of aryl methyl sites for hydroxylation is 3. The van der Waals surface area contributed by atoms with E-state index >= 15 is 0 Å². The monoisotopic (exact) mass is 258 g/mol. The van der Waals surface area contributed by atoms with Crippen LogP contribution in [0.2, 0.25) is 0 Å². The van der Waals surface area contributed by atoms with Crippen LogP contribution >= 0.6 is 11.3 Å². The van der Waals surface area contributed by atoms with E-state index < -0.39 is 0 Å². The van der Waals surface area contributed by atoms with E-state index in [1.165, 1.54) is 35.3 Å². The molecule has 1 aliphatic rings. The van der Waals surface area contributed by atoms with Crippen LogP contribution in [-0.4, -0.2) is 4.98 Å². The minimum Gasteiger partial charge on any atom is -0.308 e. The van der Waals surface area contributed by atoms with E-state index in [0.29, 0.717) is 0 Å². The van der Waals surface area contributed by atoms with Crippen molar-refractivity contribution in [2.45, 2.75) is 39.3 Å². The Kier molecular flexibility index (Phi) is 3.43. The summed E-state index contributed by atoms with van der Waals surface area (Å²) in [5.74, 6) is 0. The fraction of sp³-hybridized carbons (Fsp3) is 0.400. The van der Waals surface area contributed by atoms with Crippen LogP contribution in [0.3, 0.4) is 0 Å². The summed E-state index contributed by atoms with van der Waals surface area (Å²) in [5, 5.41) is 3.50. The average molecular weight is 258 g/mol. The molecule has 3 heteroatoms. The van der Waals surface area contributed by atoms with Crippen molar-refractivity contribution in [2.75, 3.05) is 0 Å². The zero-order valence-corrected chi connectivity index (χ0v) is 11.5. The van der Waals surface area contributed by atoms with E-state index in [1.54, 1.807) is 10.4 Å². The molecule has 94 valence electrons. The molecule has 0 saturated carbocycles. The Labute approximate surface area is 112 Å². The largest absolute Gasteiger partial charge is 0.308 e. The standard InChI is InChI=1S/C15H18N2S/c1-11-5-12(8-16-7-11)9-17-10-14-6-13-3-2-4-15(13)18-14/h5-8,17H,2-4,9-10H2,1H3. The van der Waals surface area contributed by atoms with Crippen LogP contribution in [0.25, 0.3) is 0 Å². The highest BCUT2D eigenvalue weighted by Crippen LogP contribution is 2.30. The van der Waals surface area contributed by atoms with Crippen molar-refractivity contribution >= 4 is 11.3 Å². The summed E-state index contributed by atoms with van der Waals surface area (Å²) in [6.07, 6.45) is 7.76. The van der Waals surface area contributed by atoms with Crippen LogP contribution in [-0.2, 0) is 25.9 Å². The zero-order chi connectivity index (χ0) is 12.4. The number of fused-ring (bicyclic) bond motifs is 1. The van der Waals surface area contributed by atoms with Crippen LogP contribution in [0.5, 0.6) is 0 Å². The van der Waals surface area contributed by atoms with Crippen molar-refractivity contribution in [3.05, 3.63) is 51.0 Å². The van der Waals surface area contributed by atoms with Gasteiger partial charge in [-0.1, -0.05) is 6.07 Å². The van der Waals surface area contributed by atoms with Gasteiger partial charge in [-0.3, -0.25) is 4.98 Å². The van der Waals surface area contributed by atoms with Gasteiger partial charge in [0.2, 0.25) is 0 Å². The van der Waals surface area contributed by atoms with Gasteiger partial charge in [0, 0.05) is 35.2 Å². The molecule has 0 fully saturated rings. The number of nitrogens with zero attached hydrogens (tertiary/aromatic N) is 1. The number of rotatable bonds is 4. The normalized spacial score (nSPS) is 13.8. The van der Waals surface area contributed by atoms with E-state index in [1.807, 2.05) is 23.7 Å². The lowest BCUT2D eigenvalue weighted by Crippen LogP contribution is -2.12. The molecule has 0 bridgehead atoms. The number of hydrogen-bond acceptors (Lipinski definition) is 3. The Morgan fingerprint density at radius 1 is 1.22 bits per heavy atom. The van der Waals surface area contributed by atoms with Gasteiger partial charge in [0.1, 0.15) is 0 Å². The average Bonchev–Trinajstić information content (AvgIpc) is 2.89. The highest BCUT2D eigenvalue weighted by Gasteiger charge is 2.14. The fourth-order valence-corrected chi connectivity index (χ4v) is 3.75. The number of thiophene rings is 1. The molecular weight excluding hydrogens is 240 g/mol. The van der Waals surface area contributed by atoms with E-state index in [9.17, 15) is 0 Å². The van der Waals surface area contributed by atoms with Gasteiger partial charge in [-0.25, -0.2) is 0 Å². The first-order chi connectivity index (χ1) is 8.81. The smallest absolute Gasteiger partial charge is 0.0313 e. The third-order valence-corrected chi connectivity index (χ3v) is 4.59. The molecule has 0 saturated heterocycles. The SMILES string of the molecule is Cc1cncc(CNCc2cc3c(s2)CCC3)c1. The summed E-state index contributed by atoms with van der Waals surface area (Å²) in [6, 6.07) is 4.57. The molecule has 3 rings (SSSR count). The molecule has 18 heavy (non-hydrogen) atoms. The first kappa shape index (κ1) is 11.9. The van der Waals surface area contributed by atoms with Gasteiger partial charge >= 0.3 is 0 Å². The lowest BCUT2D eigenvalue weighted by molar-refractivity contribution is 0.698. The van der Waals surface area contributed by atoms with E-state index in [-0.39, 0.29) is 0 Å². The van der Waals surface area contributed by atoms with Crippen LogP contribution in [0.4, 0.5) is 0 Å². The van der Waals surface area contributed by atoms with Crippen molar-refractivity contribution < 1.29 is 0 Å². The van der Waals surface area contributed by atoms with Crippen molar-refractivity contribution in [3.63, 3.8) is 0 Å². The van der Waals surface area contributed by atoms with Gasteiger partial charge in [0.05, 0.1) is 0 Å². The summed E-state index contributed by atoms with van der Waals surface area (Å²) >= 11 is 1.98. The molecule has 0 unspecified atom stereocenters. The zero-order valence-electron chi connectivity index (χ0n) is 10.7. The maximum Gasteiger partial charge on any atom is 0.0313 e. The molecule has 0 aromatic carbocycles. The van der Waals surface area contributed by atoms with Crippen LogP contribution in [0, 0.1) is 6.92 Å². The van der Waals surface area contributed by atoms with Gasteiger partial charge in [0.15, 0.2) is 0 Å². The predicted molar refractivity (Wildman–Crippen MR) is 75.9 cm³/mol. The third kappa shape index (κ3) is 2.62. The Morgan fingerprint density at radius 2 is 2.17 bits per heavy atom. The molecule has 1 aliphatic carbocycles. The first-order valence-electron chi connectivity index (χ1n) is 6.53. The van der Waals surface area contributed by atoms with E-state index in [4.69, 9.17) is 0 Å². The minimum absolute atomic E-state index is 0.900. The van der Waals surface area contributed by atoms with Crippen molar-refractivity contribution in [1.82, 2.24) is 10.3 Å². The van der Waals surface area contributed by atoms with E-state index in [0.717, 1.165) is 13.1 Å². The van der Waals surface area contributed by atoms with Gasteiger partial charge in [-0.15, -0.1) is 11.3 Å². The maximum absolute atomic E-state index is 4.21. The molecule has 2 nitrogen and oxygen atoms in total. The number of aromatic nitrogens is 1. The molecule has 2 aromatic heterocycles. The summed E-state index contributed by atoms with van der Waals surface area (Å²) < 4.78 is 0. The maximum atomic E-state index is 4.21. The molecule has 1 N–H and O–H groups in total. The fourth-order valence-electron chi connectivity index (χ4n) is 2.52. The van der Waals surface area contributed by atoms with Gasteiger partial charge in [-0.2, -0.15) is 0 Å². The van der Waals surface area contributed by atoms with Crippen molar-refractivity contribution in [1.29, 1.82) is 0 Å². The summed E-state index contributed by atoms with van der Waals surface area (Å²) in [7, 11) is 0. The molecule has 0 radical (unpaired) electrons. The first-order valence-corrected chi connectivity index (χ1v) is 7.34. The quantitative estimate of drug-likeness (QED) is 0.910. The van der Waals surface area contributed by atoms with Crippen LogP contribution in [0.1, 0.15) is 32.9 Å². The topological polar surface area (TPSA) is 24.9 Å². The summed E-state index contributed by atoms with van der Waals surface area (Å²) in [4.78, 5) is 7.30. The molecule has 0 amide bonds. The number of pyridine rings is 1. The second kappa shape index (κ2) is 5.21. The summed E-state index contributed by atoms with van der Waals surface area (Å²) in [6.45, 7) is 3.96. The molecule has 0 atom stereocenters. The van der Waals surface area contributed by atoms with Gasteiger partial charge in [-0.05, 0) is 48.9 Å². The Hall–Kier alpha value is -1.19. The molecular formula is C15H18N2S. The van der Waals surface area contributed by atoms with Crippen LogP contribution < -0.4 is 5.32 Å². The highest BCUT2D eigenvalue weighted by atomic mass is 32.1. The number of hydrogen-bond donors (Lipinski definition) is 1. The van der Waals surface area contributed by atoms with Gasteiger partial charge in [0.25, 0.3) is 0 Å². The second-order valence-corrected chi connectivity index (χ2v) is 6.21. The predicted octanol–water partition coefficient (Wildman–Crippen LogP) is 3.23. The highest BCUT2D eigenvalue weighted by molar-refractivity contribution is 7.12. The summed E-state index contributed by atoms with van der Waals surface area (Å²) in [5.41, 5.74) is 4.08. The van der Waals surface area contributed by atoms with Crippen molar-refractivity contribution in [2.24, 2.45) is 0 Å². The lowest BCUT2D eigenvalue weighted by Gasteiger charge is -2.03. The van der Waals surface area contributed by atoms with Gasteiger partial charge < -0.3 is 5.32 Å². The Bertz CT molecular complexity index is 524. The lowest BCUT2D eigenvalue weighted by atomic mass is 10.2. The molecule has 0 spiro atoms. The Morgan fingerprint density at radius 3 is 3.00 bits per heavy atom. The molecule has 2 aromatic rings. The van der Waals surface area contributed by atoms with E-state index in [2.05, 4.69) is 29.4 Å². The van der Waals surface area contributed by atoms with Crippen LogP contribution in [0.15, 0.2) is 24.5 Å². The molecule has 2 heterocycles. The molecule has 0 aliphatic heterocycles. The van der Waals surface area contributed by atoms with Crippen molar-refractivity contribution in [3.8, 4) is 0 Å². The number of nitrogens with one attached hydrogen (secondary N) is 1.